The first-order valence-corrected chi connectivity index (χ1v) is 11.0. The first-order chi connectivity index (χ1) is 16.0. The quantitative estimate of drug-likeness (QED) is 0.602. The third-order valence-electron chi connectivity index (χ3n) is 5.01. The maximum absolute atomic E-state index is 11.8. The van der Waals surface area contributed by atoms with Crippen molar-refractivity contribution in [3.05, 3.63) is 35.9 Å². The molecule has 12 nitrogen and oxygen atoms in total. The number of carbonyl (C=O) groups excluding carboxylic acids is 1. The van der Waals surface area contributed by atoms with E-state index in [4.69, 9.17) is 9.84 Å². The van der Waals surface area contributed by atoms with Crippen molar-refractivity contribution >= 4 is 24.0 Å². The highest BCUT2D eigenvalue weighted by molar-refractivity contribution is 5.86. The molecule has 0 unspecified atom stereocenters. The van der Waals surface area contributed by atoms with E-state index in [0.717, 1.165) is 12.1 Å². The van der Waals surface area contributed by atoms with Gasteiger partial charge in [-0.2, -0.15) is 0 Å². The number of carbonyl (C=O) groups is 2. The monoisotopic (exact) mass is 472 g/mol. The van der Waals surface area contributed by atoms with Crippen molar-refractivity contribution in [3.63, 3.8) is 0 Å². The molecule has 1 amide bonds. The average Bonchev–Trinajstić information content (AvgIpc) is 2.76. The lowest BCUT2D eigenvalue weighted by Gasteiger charge is -2.42. The zero-order valence-electron chi connectivity index (χ0n) is 20.2. The molecule has 2 N–H and O–H groups in total. The Morgan fingerprint density at radius 3 is 2.26 bits per heavy atom. The van der Waals surface area contributed by atoms with Crippen molar-refractivity contribution in [2.45, 2.75) is 39.0 Å². The van der Waals surface area contributed by atoms with Gasteiger partial charge in [0, 0.05) is 63.1 Å². The molecule has 3 heterocycles. The highest BCUT2D eigenvalue weighted by Crippen LogP contribution is 2.20. The van der Waals surface area contributed by atoms with Gasteiger partial charge in [0.15, 0.2) is 0 Å². The normalized spacial score (nSPS) is 16.5. The van der Waals surface area contributed by atoms with Crippen LogP contribution in [-0.2, 0) is 11.3 Å². The van der Waals surface area contributed by atoms with Crippen molar-refractivity contribution < 1.29 is 19.4 Å². The van der Waals surface area contributed by atoms with Gasteiger partial charge in [0.05, 0.1) is 11.6 Å². The number of piperazine rings is 1. The lowest BCUT2D eigenvalue weighted by Crippen LogP contribution is -2.57. The fourth-order valence-electron chi connectivity index (χ4n) is 3.55. The first kappa shape index (κ1) is 25.1. The minimum atomic E-state index is -1.05. The van der Waals surface area contributed by atoms with Crippen LogP contribution < -0.4 is 15.1 Å². The van der Waals surface area contributed by atoms with E-state index in [1.54, 1.807) is 12.4 Å². The smallest absolute Gasteiger partial charge is 0.407 e. The largest absolute Gasteiger partial charge is 0.478 e. The minimum absolute atomic E-state index is 0.0524. The fraction of sp³-hybridized carbons (Fsp3) is 0.545. The number of hydrogen-bond acceptors (Lipinski definition) is 10. The van der Waals surface area contributed by atoms with Crippen molar-refractivity contribution in [1.29, 1.82) is 0 Å². The lowest BCUT2D eigenvalue weighted by molar-refractivity contribution is 0.0523. The van der Waals surface area contributed by atoms with Crippen LogP contribution in [0, 0.1) is 0 Å². The Kier molecular flexibility index (Phi) is 7.82. The summed E-state index contributed by atoms with van der Waals surface area (Å²) in [5, 5.41) is 11.8. The average molecular weight is 473 g/mol. The molecule has 184 valence electrons. The molecule has 12 heteroatoms. The maximum atomic E-state index is 11.8. The van der Waals surface area contributed by atoms with Crippen LogP contribution in [0.15, 0.2) is 24.8 Å². The number of nitrogens with one attached hydrogen (secondary N) is 1. The molecule has 1 saturated heterocycles. The second-order valence-electron chi connectivity index (χ2n) is 9.38. The number of carboxylic acid groups (broad SMARTS) is 1. The number of amides is 1. The molecule has 2 aromatic heterocycles. The summed E-state index contributed by atoms with van der Waals surface area (Å²) in [5.41, 5.74) is 0.269. The molecule has 1 aliphatic rings. The fourth-order valence-corrected chi connectivity index (χ4v) is 3.55. The summed E-state index contributed by atoms with van der Waals surface area (Å²) in [6.07, 6.45) is 5.56. The third-order valence-corrected chi connectivity index (χ3v) is 5.01. The van der Waals surface area contributed by atoms with Gasteiger partial charge in [0.2, 0.25) is 11.9 Å². The number of rotatable bonds is 7. The molecule has 1 aliphatic heterocycles. The van der Waals surface area contributed by atoms with E-state index in [0.29, 0.717) is 31.5 Å². The Bertz CT molecular complexity index is 976. The topological polar surface area (TPSA) is 137 Å². The van der Waals surface area contributed by atoms with Crippen LogP contribution in [-0.4, -0.2) is 93.9 Å². The number of carboxylic acids is 1. The maximum Gasteiger partial charge on any atom is 0.407 e. The number of anilines is 2. The first-order valence-electron chi connectivity index (χ1n) is 11.0. The number of aromatic nitrogens is 4. The van der Waals surface area contributed by atoms with Crippen LogP contribution in [0.3, 0.4) is 0 Å². The van der Waals surface area contributed by atoms with E-state index in [1.165, 1.54) is 12.4 Å². The molecule has 0 aliphatic carbocycles. The molecule has 34 heavy (non-hydrogen) atoms. The van der Waals surface area contributed by atoms with Gasteiger partial charge in [-0.25, -0.2) is 29.5 Å². The Hall–Kier alpha value is -3.54. The molecule has 1 atom stereocenters. The second kappa shape index (κ2) is 10.6. The number of likely N-dealkylation sites (N-methyl/N-ethyl adjacent to an activating group) is 1. The van der Waals surface area contributed by atoms with Crippen LogP contribution in [0.1, 0.15) is 36.7 Å². The number of hydrogen-bond donors (Lipinski definition) is 2. The molecule has 0 spiro atoms. The van der Waals surface area contributed by atoms with Crippen molar-refractivity contribution in [3.8, 4) is 0 Å². The molecule has 0 aromatic carbocycles. The summed E-state index contributed by atoms with van der Waals surface area (Å²) >= 11 is 0. The molecule has 2 aromatic rings. The molecule has 0 bridgehead atoms. The van der Waals surface area contributed by atoms with E-state index < -0.39 is 17.7 Å². The highest BCUT2D eigenvalue weighted by atomic mass is 16.6. The number of ether oxygens (including phenoxy) is 1. The van der Waals surface area contributed by atoms with Crippen molar-refractivity contribution in [1.82, 2.24) is 30.2 Å². The number of aromatic carboxylic acids is 1. The van der Waals surface area contributed by atoms with Crippen molar-refractivity contribution in [2.24, 2.45) is 0 Å². The van der Waals surface area contributed by atoms with E-state index in [9.17, 15) is 9.59 Å². The van der Waals surface area contributed by atoms with Gasteiger partial charge < -0.3 is 29.9 Å². The Morgan fingerprint density at radius 2 is 1.71 bits per heavy atom. The zero-order chi connectivity index (χ0) is 24.9. The van der Waals surface area contributed by atoms with Gasteiger partial charge in [0.25, 0.3) is 0 Å². The standard InChI is InChI=1S/C22H32N8O4/c1-22(2,3)34-21(33)27-10-15-8-23-19(24-9-15)29-6-7-30(17(14-29)13-28(4)5)20-25-11-16(12-26-20)18(31)32/h8-9,11-12,17H,6-7,10,13-14H2,1-5H3,(H,27,33)(H,31,32)/t17-/m1/s1. The second-order valence-corrected chi connectivity index (χ2v) is 9.38. The molecule has 3 rings (SSSR count). The summed E-state index contributed by atoms with van der Waals surface area (Å²) in [6.45, 7) is 8.40. The molecular weight excluding hydrogens is 440 g/mol. The summed E-state index contributed by atoms with van der Waals surface area (Å²) in [6, 6.07) is 0.0524. The SMILES string of the molecule is CN(C)C[C@@H]1CN(c2ncc(CNC(=O)OC(C)(C)C)cn2)CCN1c1ncc(C(=O)O)cn1. The van der Waals surface area contributed by atoms with E-state index >= 15 is 0 Å². The summed E-state index contributed by atoms with van der Waals surface area (Å²) in [5.74, 6) is 0.0515. The van der Waals surface area contributed by atoms with Crippen LogP contribution in [0.4, 0.5) is 16.7 Å². The third kappa shape index (κ3) is 6.98. The zero-order valence-corrected chi connectivity index (χ0v) is 20.2. The molecule has 0 radical (unpaired) electrons. The van der Waals surface area contributed by atoms with Crippen LogP contribution in [0.5, 0.6) is 0 Å². The van der Waals surface area contributed by atoms with E-state index in [2.05, 4.69) is 40.0 Å². The van der Waals surface area contributed by atoms with Crippen LogP contribution >= 0.6 is 0 Å². The minimum Gasteiger partial charge on any atom is -0.478 e. The predicted molar refractivity (Wildman–Crippen MR) is 126 cm³/mol. The van der Waals surface area contributed by atoms with E-state index in [1.807, 2.05) is 34.9 Å². The van der Waals surface area contributed by atoms with Gasteiger partial charge in [-0.1, -0.05) is 0 Å². The summed E-state index contributed by atoms with van der Waals surface area (Å²) < 4.78 is 5.24. The summed E-state index contributed by atoms with van der Waals surface area (Å²) in [7, 11) is 3.99. The van der Waals surface area contributed by atoms with Gasteiger partial charge >= 0.3 is 12.1 Å². The Morgan fingerprint density at radius 1 is 1.09 bits per heavy atom. The van der Waals surface area contributed by atoms with Crippen LogP contribution in [0.2, 0.25) is 0 Å². The van der Waals surface area contributed by atoms with Gasteiger partial charge in [-0.15, -0.1) is 0 Å². The Labute approximate surface area is 199 Å². The summed E-state index contributed by atoms with van der Waals surface area (Å²) in [4.78, 5) is 46.7. The molecular formula is C22H32N8O4. The van der Waals surface area contributed by atoms with Gasteiger partial charge in [-0.3, -0.25) is 0 Å². The number of alkyl carbamates (subject to hydrolysis) is 1. The highest BCUT2D eigenvalue weighted by Gasteiger charge is 2.30. The molecule has 1 fully saturated rings. The van der Waals surface area contributed by atoms with Crippen LogP contribution in [0.25, 0.3) is 0 Å². The number of nitrogens with zero attached hydrogens (tertiary/aromatic N) is 7. The van der Waals surface area contributed by atoms with Gasteiger partial charge in [-0.05, 0) is 34.9 Å². The van der Waals surface area contributed by atoms with E-state index in [-0.39, 0.29) is 18.2 Å². The predicted octanol–water partition coefficient (Wildman–Crippen LogP) is 1.25. The Balaban J connectivity index is 1.64. The molecule has 0 saturated carbocycles. The van der Waals surface area contributed by atoms with Gasteiger partial charge in [0.1, 0.15) is 5.60 Å². The van der Waals surface area contributed by atoms with Crippen molar-refractivity contribution in [2.75, 3.05) is 50.1 Å². The lowest BCUT2D eigenvalue weighted by atomic mass is 10.1.